The van der Waals surface area contributed by atoms with Gasteiger partial charge in [0.15, 0.2) is 0 Å². The van der Waals surface area contributed by atoms with Gasteiger partial charge in [-0.25, -0.2) is 0 Å². The van der Waals surface area contributed by atoms with Crippen molar-refractivity contribution < 1.29 is 0 Å². The zero-order valence-electron chi connectivity index (χ0n) is 10.4. The van der Waals surface area contributed by atoms with Gasteiger partial charge >= 0.3 is 0 Å². The molecule has 16 heavy (non-hydrogen) atoms. The Morgan fingerprint density at radius 3 is 2.94 bits per heavy atom. The maximum Gasteiger partial charge on any atom is 0.0193 e. The number of benzene rings is 1. The number of rotatable bonds is 3. The first-order chi connectivity index (χ1) is 7.77. The lowest BCUT2D eigenvalue weighted by Gasteiger charge is -2.34. The number of nitrogens with one attached hydrogen (secondary N) is 1. The second-order valence-electron chi connectivity index (χ2n) is 4.77. The number of hydrogen-bond donors (Lipinski definition) is 1. The highest BCUT2D eigenvalue weighted by Crippen LogP contribution is 2.10. The first-order valence-corrected chi connectivity index (χ1v) is 6.26. The van der Waals surface area contributed by atoms with Crippen LogP contribution in [0.4, 0.5) is 0 Å². The molecule has 0 radical (unpaired) electrons. The van der Waals surface area contributed by atoms with Gasteiger partial charge in [0.25, 0.3) is 0 Å². The maximum absolute atomic E-state index is 3.43. The van der Waals surface area contributed by atoms with Crippen LogP contribution < -0.4 is 5.32 Å². The standard InChI is InChI=1S/C14H22N2/c1-12-5-3-4-6-14(12)7-9-16-10-8-15-11-13(16)2/h3-6,13,15H,7-11H2,1-2H3. The first-order valence-electron chi connectivity index (χ1n) is 6.26. The van der Waals surface area contributed by atoms with Crippen molar-refractivity contribution in [3.63, 3.8) is 0 Å². The van der Waals surface area contributed by atoms with Crippen LogP contribution >= 0.6 is 0 Å². The summed E-state index contributed by atoms with van der Waals surface area (Å²) in [5.41, 5.74) is 2.92. The monoisotopic (exact) mass is 218 g/mol. The zero-order valence-corrected chi connectivity index (χ0v) is 10.4. The molecule has 0 aromatic heterocycles. The molecule has 88 valence electrons. The summed E-state index contributed by atoms with van der Waals surface area (Å²) in [5, 5.41) is 3.43. The summed E-state index contributed by atoms with van der Waals surface area (Å²) in [7, 11) is 0. The van der Waals surface area contributed by atoms with Crippen LogP contribution in [0.1, 0.15) is 18.1 Å². The fourth-order valence-electron chi connectivity index (χ4n) is 2.37. The molecule has 2 nitrogen and oxygen atoms in total. The minimum absolute atomic E-state index is 0.678. The van der Waals surface area contributed by atoms with E-state index >= 15 is 0 Å². The molecule has 1 heterocycles. The third-order valence-corrected chi connectivity index (χ3v) is 3.57. The second-order valence-corrected chi connectivity index (χ2v) is 4.77. The minimum atomic E-state index is 0.678. The molecule has 0 aliphatic carbocycles. The predicted octanol–water partition coefficient (Wildman–Crippen LogP) is 1.83. The van der Waals surface area contributed by atoms with E-state index in [-0.39, 0.29) is 0 Å². The Morgan fingerprint density at radius 2 is 2.19 bits per heavy atom. The van der Waals surface area contributed by atoms with E-state index in [0.717, 1.165) is 13.1 Å². The van der Waals surface area contributed by atoms with Crippen molar-refractivity contribution in [2.75, 3.05) is 26.2 Å². The summed E-state index contributed by atoms with van der Waals surface area (Å²) in [4.78, 5) is 2.59. The predicted molar refractivity (Wildman–Crippen MR) is 68.8 cm³/mol. The summed E-state index contributed by atoms with van der Waals surface area (Å²) in [5.74, 6) is 0. The van der Waals surface area contributed by atoms with Crippen LogP contribution in [0.15, 0.2) is 24.3 Å². The highest BCUT2D eigenvalue weighted by Gasteiger charge is 2.17. The van der Waals surface area contributed by atoms with Crippen molar-refractivity contribution in [2.45, 2.75) is 26.3 Å². The van der Waals surface area contributed by atoms with Gasteiger partial charge in [-0.05, 0) is 31.4 Å². The molecule has 1 aliphatic heterocycles. The second kappa shape index (κ2) is 5.46. The summed E-state index contributed by atoms with van der Waals surface area (Å²) in [6, 6.07) is 9.40. The molecular weight excluding hydrogens is 196 g/mol. The molecule has 1 aliphatic rings. The highest BCUT2D eigenvalue weighted by atomic mass is 15.2. The van der Waals surface area contributed by atoms with Crippen LogP contribution in [0.25, 0.3) is 0 Å². The smallest absolute Gasteiger partial charge is 0.0193 e. The Hall–Kier alpha value is -0.860. The highest BCUT2D eigenvalue weighted by molar-refractivity contribution is 5.25. The molecule has 1 aromatic carbocycles. The molecule has 1 saturated heterocycles. The molecule has 2 rings (SSSR count). The van der Waals surface area contributed by atoms with Gasteiger partial charge in [-0.3, -0.25) is 4.90 Å². The van der Waals surface area contributed by atoms with E-state index in [9.17, 15) is 0 Å². The molecule has 1 aromatic rings. The Bertz CT molecular complexity index is 335. The normalized spacial score (nSPS) is 22.2. The number of aryl methyl sites for hydroxylation is 1. The van der Waals surface area contributed by atoms with Crippen LogP contribution in [0.2, 0.25) is 0 Å². The van der Waals surface area contributed by atoms with E-state index in [1.807, 2.05) is 0 Å². The van der Waals surface area contributed by atoms with Gasteiger partial charge < -0.3 is 5.32 Å². The summed E-state index contributed by atoms with van der Waals surface area (Å²) >= 11 is 0. The van der Waals surface area contributed by atoms with Crippen molar-refractivity contribution in [3.8, 4) is 0 Å². The SMILES string of the molecule is Cc1ccccc1CCN1CCNCC1C. The Labute approximate surface area is 98.7 Å². The molecule has 2 heteroatoms. The summed E-state index contributed by atoms with van der Waals surface area (Å²) < 4.78 is 0. The van der Waals surface area contributed by atoms with Gasteiger partial charge in [-0.1, -0.05) is 24.3 Å². The van der Waals surface area contributed by atoms with Gasteiger partial charge in [-0.2, -0.15) is 0 Å². The summed E-state index contributed by atoms with van der Waals surface area (Å²) in [6.07, 6.45) is 1.18. The van der Waals surface area contributed by atoms with Crippen LogP contribution in [0.5, 0.6) is 0 Å². The molecule has 1 fully saturated rings. The number of piperazine rings is 1. The van der Waals surface area contributed by atoms with Gasteiger partial charge in [0.2, 0.25) is 0 Å². The van der Waals surface area contributed by atoms with E-state index in [1.54, 1.807) is 0 Å². The van der Waals surface area contributed by atoms with E-state index in [0.29, 0.717) is 6.04 Å². The molecule has 0 saturated carbocycles. The van der Waals surface area contributed by atoms with Crippen molar-refractivity contribution in [2.24, 2.45) is 0 Å². The third kappa shape index (κ3) is 2.83. The van der Waals surface area contributed by atoms with Crippen molar-refractivity contribution in [3.05, 3.63) is 35.4 Å². The summed E-state index contributed by atoms with van der Waals surface area (Å²) in [6.45, 7) is 9.16. The Kier molecular flexibility index (Phi) is 3.97. The van der Waals surface area contributed by atoms with E-state index in [4.69, 9.17) is 0 Å². The van der Waals surface area contributed by atoms with Gasteiger partial charge in [0.05, 0.1) is 0 Å². The van der Waals surface area contributed by atoms with Gasteiger partial charge in [-0.15, -0.1) is 0 Å². The number of hydrogen-bond acceptors (Lipinski definition) is 2. The topological polar surface area (TPSA) is 15.3 Å². The Morgan fingerprint density at radius 1 is 1.38 bits per heavy atom. The van der Waals surface area contributed by atoms with Crippen LogP contribution in [0.3, 0.4) is 0 Å². The largest absolute Gasteiger partial charge is 0.314 e. The van der Waals surface area contributed by atoms with Crippen LogP contribution in [-0.2, 0) is 6.42 Å². The molecule has 1 N–H and O–H groups in total. The van der Waals surface area contributed by atoms with Crippen molar-refractivity contribution in [1.82, 2.24) is 10.2 Å². The quantitative estimate of drug-likeness (QED) is 0.832. The molecule has 1 atom stereocenters. The molecule has 1 unspecified atom stereocenters. The Balaban J connectivity index is 1.89. The zero-order chi connectivity index (χ0) is 11.4. The fourth-order valence-corrected chi connectivity index (χ4v) is 2.37. The van der Waals surface area contributed by atoms with Crippen LogP contribution in [0, 0.1) is 6.92 Å². The maximum atomic E-state index is 3.43. The van der Waals surface area contributed by atoms with E-state index in [1.165, 1.54) is 30.6 Å². The van der Waals surface area contributed by atoms with Crippen LogP contribution in [-0.4, -0.2) is 37.1 Å². The minimum Gasteiger partial charge on any atom is -0.314 e. The fraction of sp³-hybridized carbons (Fsp3) is 0.571. The number of nitrogens with zero attached hydrogens (tertiary/aromatic N) is 1. The average Bonchev–Trinajstić information content (AvgIpc) is 2.30. The van der Waals surface area contributed by atoms with E-state index < -0.39 is 0 Å². The molecule has 0 spiro atoms. The lowest BCUT2D eigenvalue weighted by Crippen LogP contribution is -2.50. The first kappa shape index (κ1) is 11.6. The van der Waals surface area contributed by atoms with E-state index in [2.05, 4.69) is 48.3 Å². The average molecular weight is 218 g/mol. The van der Waals surface area contributed by atoms with Gasteiger partial charge in [0, 0.05) is 32.2 Å². The third-order valence-electron chi connectivity index (χ3n) is 3.57. The molecule has 0 bridgehead atoms. The molecule has 0 amide bonds. The molecular formula is C14H22N2. The lowest BCUT2D eigenvalue weighted by molar-refractivity contribution is 0.176. The van der Waals surface area contributed by atoms with Gasteiger partial charge in [0.1, 0.15) is 0 Å². The lowest BCUT2D eigenvalue weighted by atomic mass is 10.1. The van der Waals surface area contributed by atoms with Crippen molar-refractivity contribution >= 4 is 0 Å². The van der Waals surface area contributed by atoms with Crippen molar-refractivity contribution in [1.29, 1.82) is 0 Å².